The van der Waals surface area contributed by atoms with Crippen molar-refractivity contribution in [3.05, 3.63) is 38.9 Å². The number of aliphatic hydroxyl groups is 1. The summed E-state index contributed by atoms with van der Waals surface area (Å²) in [6.45, 7) is -0.118. The molecule has 0 aliphatic heterocycles. The Labute approximate surface area is 96.0 Å². The van der Waals surface area contributed by atoms with Gasteiger partial charge in [-0.3, -0.25) is 14.9 Å². The van der Waals surface area contributed by atoms with Gasteiger partial charge in [-0.1, -0.05) is 11.6 Å². The lowest BCUT2D eigenvalue weighted by Crippen LogP contribution is -2.26. The molecule has 0 aromatic heterocycles. The molecule has 0 saturated heterocycles. The molecule has 16 heavy (non-hydrogen) atoms. The first-order valence-electron chi connectivity index (χ1n) is 4.38. The molecule has 86 valence electrons. The van der Waals surface area contributed by atoms with Crippen LogP contribution in [-0.2, 0) is 0 Å². The quantitative estimate of drug-likeness (QED) is 0.610. The Hall–Kier alpha value is -1.66. The number of nitro groups is 1. The Morgan fingerprint density at radius 3 is 2.75 bits per heavy atom. The molecular formula is C9H9ClN2O4. The van der Waals surface area contributed by atoms with E-state index in [1.807, 2.05) is 0 Å². The second-order valence-electron chi connectivity index (χ2n) is 2.93. The van der Waals surface area contributed by atoms with Gasteiger partial charge in [-0.15, -0.1) is 0 Å². The number of hydrogen-bond acceptors (Lipinski definition) is 4. The standard InChI is InChI=1S/C9H9ClN2O4/c10-7-3-6(9(14)11-1-2-13)4-8(5-7)12(15)16/h3-5,13H,1-2H2,(H,11,14). The van der Waals surface area contributed by atoms with Crippen LogP contribution in [0.1, 0.15) is 10.4 Å². The van der Waals surface area contributed by atoms with Crippen LogP contribution in [0.4, 0.5) is 5.69 Å². The van der Waals surface area contributed by atoms with Gasteiger partial charge in [-0.2, -0.15) is 0 Å². The predicted octanol–water partition coefficient (Wildman–Crippen LogP) is 0.970. The average molecular weight is 245 g/mol. The maximum atomic E-state index is 11.4. The molecule has 0 radical (unpaired) electrons. The number of hydrogen-bond donors (Lipinski definition) is 2. The number of carbonyl (C=O) groups is 1. The van der Waals surface area contributed by atoms with E-state index >= 15 is 0 Å². The van der Waals surface area contributed by atoms with Gasteiger partial charge in [0.05, 0.1) is 11.5 Å². The number of nitro benzene ring substituents is 1. The van der Waals surface area contributed by atoms with E-state index < -0.39 is 10.8 Å². The molecule has 7 heteroatoms. The monoisotopic (exact) mass is 244 g/mol. The third-order valence-electron chi connectivity index (χ3n) is 1.75. The van der Waals surface area contributed by atoms with Crippen LogP contribution in [0.15, 0.2) is 18.2 Å². The summed E-state index contributed by atoms with van der Waals surface area (Å²) in [5.74, 6) is -0.514. The van der Waals surface area contributed by atoms with E-state index in [-0.39, 0.29) is 29.4 Å². The molecule has 6 nitrogen and oxygen atoms in total. The minimum Gasteiger partial charge on any atom is -0.395 e. The van der Waals surface area contributed by atoms with Gasteiger partial charge in [0.2, 0.25) is 0 Å². The molecule has 0 aliphatic rings. The average Bonchev–Trinajstić information content (AvgIpc) is 2.24. The third-order valence-corrected chi connectivity index (χ3v) is 1.97. The number of amides is 1. The molecule has 0 spiro atoms. The van der Waals surface area contributed by atoms with Gasteiger partial charge in [0.25, 0.3) is 11.6 Å². The number of rotatable bonds is 4. The van der Waals surface area contributed by atoms with Crippen LogP contribution in [0.5, 0.6) is 0 Å². The summed E-state index contributed by atoms with van der Waals surface area (Å²) < 4.78 is 0. The van der Waals surface area contributed by atoms with Gasteiger partial charge in [0.1, 0.15) is 0 Å². The van der Waals surface area contributed by atoms with Crippen molar-refractivity contribution in [1.29, 1.82) is 0 Å². The first-order valence-corrected chi connectivity index (χ1v) is 4.76. The summed E-state index contributed by atoms with van der Waals surface area (Å²) >= 11 is 5.64. The molecule has 0 aliphatic carbocycles. The van der Waals surface area contributed by atoms with Crippen LogP contribution in [0.25, 0.3) is 0 Å². The number of nitrogens with zero attached hydrogens (tertiary/aromatic N) is 1. The van der Waals surface area contributed by atoms with Gasteiger partial charge in [-0.25, -0.2) is 0 Å². The van der Waals surface area contributed by atoms with Gasteiger partial charge in [-0.05, 0) is 6.07 Å². The molecular weight excluding hydrogens is 236 g/mol. The number of carbonyl (C=O) groups excluding carboxylic acids is 1. The van der Waals surface area contributed by atoms with Crippen LogP contribution in [-0.4, -0.2) is 29.1 Å². The van der Waals surface area contributed by atoms with E-state index in [1.165, 1.54) is 6.07 Å². The molecule has 1 aromatic rings. The second-order valence-corrected chi connectivity index (χ2v) is 3.37. The van der Waals surface area contributed by atoms with Crippen LogP contribution in [0, 0.1) is 10.1 Å². The van der Waals surface area contributed by atoms with E-state index in [2.05, 4.69) is 5.32 Å². The van der Waals surface area contributed by atoms with Crippen molar-refractivity contribution in [3.8, 4) is 0 Å². The van der Waals surface area contributed by atoms with Crippen molar-refractivity contribution in [3.63, 3.8) is 0 Å². The van der Waals surface area contributed by atoms with Gasteiger partial charge < -0.3 is 10.4 Å². The van der Waals surface area contributed by atoms with Crippen molar-refractivity contribution in [1.82, 2.24) is 5.32 Å². The van der Waals surface area contributed by atoms with Crippen LogP contribution < -0.4 is 5.32 Å². The van der Waals surface area contributed by atoms with Crippen LogP contribution in [0.3, 0.4) is 0 Å². The molecule has 1 amide bonds. The van der Waals surface area contributed by atoms with Crippen molar-refractivity contribution < 1.29 is 14.8 Å². The molecule has 0 atom stereocenters. The zero-order valence-electron chi connectivity index (χ0n) is 8.14. The number of aliphatic hydroxyl groups excluding tert-OH is 1. The lowest BCUT2D eigenvalue weighted by molar-refractivity contribution is -0.384. The number of halogens is 1. The summed E-state index contributed by atoms with van der Waals surface area (Å²) in [5.41, 5.74) is -0.158. The molecule has 1 rings (SSSR count). The molecule has 0 heterocycles. The Morgan fingerprint density at radius 2 is 2.19 bits per heavy atom. The van der Waals surface area contributed by atoms with Crippen molar-refractivity contribution in [2.45, 2.75) is 0 Å². The highest BCUT2D eigenvalue weighted by molar-refractivity contribution is 6.31. The third kappa shape index (κ3) is 3.18. The summed E-state index contributed by atoms with van der Waals surface area (Å²) in [4.78, 5) is 21.3. The maximum Gasteiger partial charge on any atom is 0.271 e. The predicted molar refractivity (Wildman–Crippen MR) is 57.5 cm³/mol. The Bertz CT molecular complexity index is 422. The molecule has 0 bridgehead atoms. The normalized spacial score (nSPS) is 9.88. The Kier molecular flexibility index (Phi) is 4.21. The highest BCUT2D eigenvalue weighted by Gasteiger charge is 2.13. The van der Waals surface area contributed by atoms with Gasteiger partial charge in [0.15, 0.2) is 0 Å². The summed E-state index contributed by atoms with van der Waals surface area (Å²) in [6.07, 6.45) is 0. The van der Waals surface area contributed by atoms with E-state index in [0.717, 1.165) is 12.1 Å². The van der Waals surface area contributed by atoms with E-state index in [4.69, 9.17) is 16.7 Å². The van der Waals surface area contributed by atoms with Crippen molar-refractivity contribution in [2.75, 3.05) is 13.2 Å². The first-order chi connectivity index (χ1) is 7.54. The van der Waals surface area contributed by atoms with Crippen LogP contribution >= 0.6 is 11.6 Å². The molecule has 2 N–H and O–H groups in total. The molecule has 0 fully saturated rings. The topological polar surface area (TPSA) is 92.5 Å². The SMILES string of the molecule is O=C(NCCO)c1cc(Cl)cc([N+](=O)[O-])c1. The second kappa shape index (κ2) is 5.43. The van der Waals surface area contributed by atoms with E-state index in [0.29, 0.717) is 0 Å². The maximum absolute atomic E-state index is 11.4. The summed E-state index contributed by atoms with van der Waals surface area (Å²) in [7, 11) is 0. The van der Waals surface area contributed by atoms with E-state index in [9.17, 15) is 14.9 Å². The fourth-order valence-corrected chi connectivity index (χ4v) is 1.31. The van der Waals surface area contributed by atoms with Crippen molar-refractivity contribution in [2.24, 2.45) is 0 Å². The highest BCUT2D eigenvalue weighted by Crippen LogP contribution is 2.20. The van der Waals surface area contributed by atoms with E-state index in [1.54, 1.807) is 0 Å². The summed E-state index contributed by atoms with van der Waals surface area (Å²) in [6, 6.07) is 3.60. The molecule has 1 aromatic carbocycles. The Balaban J connectivity index is 2.95. The zero-order chi connectivity index (χ0) is 12.1. The lowest BCUT2D eigenvalue weighted by atomic mass is 10.2. The zero-order valence-corrected chi connectivity index (χ0v) is 8.90. The van der Waals surface area contributed by atoms with Gasteiger partial charge >= 0.3 is 0 Å². The Morgan fingerprint density at radius 1 is 1.50 bits per heavy atom. The fraction of sp³-hybridized carbons (Fsp3) is 0.222. The lowest BCUT2D eigenvalue weighted by Gasteiger charge is -2.03. The summed E-state index contributed by atoms with van der Waals surface area (Å²) in [5, 5.41) is 21.5. The van der Waals surface area contributed by atoms with Crippen molar-refractivity contribution >= 4 is 23.2 Å². The fourth-order valence-electron chi connectivity index (χ4n) is 1.08. The highest BCUT2D eigenvalue weighted by atomic mass is 35.5. The molecule has 0 saturated carbocycles. The number of benzene rings is 1. The van der Waals surface area contributed by atoms with Crippen LogP contribution in [0.2, 0.25) is 5.02 Å². The number of non-ortho nitro benzene ring substituents is 1. The number of nitrogens with one attached hydrogen (secondary N) is 1. The van der Waals surface area contributed by atoms with Gasteiger partial charge in [0, 0.05) is 29.3 Å². The minimum atomic E-state index is -0.630. The minimum absolute atomic E-state index is 0.0825. The first kappa shape index (κ1) is 12.4. The largest absolute Gasteiger partial charge is 0.395 e. The molecule has 0 unspecified atom stereocenters. The smallest absolute Gasteiger partial charge is 0.271 e.